The molecular weight excluding hydrogens is 424 g/mol. The highest BCUT2D eigenvalue weighted by Gasteiger charge is 2.24. The van der Waals surface area contributed by atoms with Crippen LogP contribution >= 0.6 is 15.9 Å². The minimum absolute atomic E-state index is 0.00630. The summed E-state index contributed by atoms with van der Waals surface area (Å²) in [4.78, 5) is 17.2. The standard InChI is InChI=1S/C21H25BrN2O4/c1-26-17-6-4-15(5-7-17)14-23-8-10-24(11-9-23)21(25)16-12-18(27-2)20(22)19(13-16)28-3/h4-7,12-13H,8-11,14H2,1-3H3. The number of hydrogen-bond donors (Lipinski definition) is 0. The summed E-state index contributed by atoms with van der Waals surface area (Å²) in [6.07, 6.45) is 0. The van der Waals surface area contributed by atoms with E-state index in [1.54, 1.807) is 33.5 Å². The molecule has 150 valence electrons. The molecule has 1 aliphatic heterocycles. The molecule has 28 heavy (non-hydrogen) atoms. The predicted molar refractivity (Wildman–Crippen MR) is 111 cm³/mol. The second-order valence-electron chi connectivity index (χ2n) is 6.61. The smallest absolute Gasteiger partial charge is 0.254 e. The number of nitrogens with zero attached hydrogens (tertiary/aromatic N) is 2. The van der Waals surface area contributed by atoms with E-state index in [-0.39, 0.29) is 5.91 Å². The Balaban J connectivity index is 1.62. The Bertz CT molecular complexity index is 793. The summed E-state index contributed by atoms with van der Waals surface area (Å²) in [6, 6.07) is 11.6. The van der Waals surface area contributed by atoms with Crippen LogP contribution < -0.4 is 14.2 Å². The summed E-state index contributed by atoms with van der Waals surface area (Å²) in [7, 11) is 4.82. The molecule has 0 aromatic heterocycles. The number of methoxy groups -OCH3 is 3. The van der Waals surface area contributed by atoms with E-state index >= 15 is 0 Å². The fourth-order valence-corrected chi connectivity index (χ4v) is 3.83. The van der Waals surface area contributed by atoms with Crippen molar-refractivity contribution in [2.45, 2.75) is 6.54 Å². The molecule has 0 N–H and O–H groups in total. The Morgan fingerprint density at radius 1 is 0.929 bits per heavy atom. The Kier molecular flexibility index (Phi) is 6.80. The van der Waals surface area contributed by atoms with Gasteiger partial charge in [-0.25, -0.2) is 0 Å². The summed E-state index contributed by atoms with van der Waals surface area (Å²) < 4.78 is 16.6. The molecule has 1 aliphatic rings. The Morgan fingerprint density at radius 3 is 2.00 bits per heavy atom. The fraction of sp³-hybridized carbons (Fsp3) is 0.381. The lowest BCUT2D eigenvalue weighted by atomic mass is 10.1. The van der Waals surface area contributed by atoms with Crippen LogP contribution in [0.15, 0.2) is 40.9 Å². The van der Waals surface area contributed by atoms with Crippen molar-refractivity contribution in [2.75, 3.05) is 47.5 Å². The van der Waals surface area contributed by atoms with Crippen LogP contribution in [0.3, 0.4) is 0 Å². The molecule has 1 amide bonds. The number of rotatable bonds is 6. The SMILES string of the molecule is COc1ccc(CN2CCN(C(=O)c3cc(OC)c(Br)c(OC)c3)CC2)cc1. The molecule has 1 saturated heterocycles. The van der Waals surface area contributed by atoms with Crippen molar-refractivity contribution in [2.24, 2.45) is 0 Å². The van der Waals surface area contributed by atoms with Gasteiger partial charge in [0.05, 0.1) is 21.3 Å². The average Bonchev–Trinajstić information content (AvgIpc) is 2.74. The Labute approximate surface area is 174 Å². The lowest BCUT2D eigenvalue weighted by Crippen LogP contribution is -2.48. The Morgan fingerprint density at radius 2 is 1.50 bits per heavy atom. The zero-order chi connectivity index (χ0) is 20.1. The molecule has 6 nitrogen and oxygen atoms in total. The molecule has 0 aliphatic carbocycles. The monoisotopic (exact) mass is 448 g/mol. The van der Waals surface area contributed by atoms with Gasteiger partial charge in [0.25, 0.3) is 5.91 Å². The van der Waals surface area contributed by atoms with E-state index in [4.69, 9.17) is 14.2 Å². The first kappa shape index (κ1) is 20.5. The molecule has 1 heterocycles. The van der Waals surface area contributed by atoms with Gasteiger partial charge in [-0.3, -0.25) is 9.69 Å². The van der Waals surface area contributed by atoms with Gasteiger partial charge in [-0.2, -0.15) is 0 Å². The van der Waals surface area contributed by atoms with Crippen LogP contribution in [0.1, 0.15) is 15.9 Å². The van der Waals surface area contributed by atoms with E-state index in [0.29, 0.717) is 34.6 Å². The molecule has 7 heteroatoms. The van der Waals surface area contributed by atoms with E-state index in [9.17, 15) is 4.79 Å². The van der Waals surface area contributed by atoms with Gasteiger partial charge in [0.15, 0.2) is 0 Å². The molecule has 0 atom stereocenters. The first-order valence-corrected chi connectivity index (χ1v) is 9.91. The number of carbonyl (C=O) groups is 1. The largest absolute Gasteiger partial charge is 0.497 e. The summed E-state index contributed by atoms with van der Waals surface area (Å²) in [5.74, 6) is 2.02. The summed E-state index contributed by atoms with van der Waals surface area (Å²) in [5.41, 5.74) is 1.81. The predicted octanol–water partition coefficient (Wildman–Crippen LogP) is 3.43. The average molecular weight is 449 g/mol. The van der Waals surface area contributed by atoms with Crippen LogP contribution in [-0.4, -0.2) is 63.2 Å². The third kappa shape index (κ3) is 4.59. The number of ether oxygens (including phenoxy) is 3. The van der Waals surface area contributed by atoms with Gasteiger partial charge in [-0.1, -0.05) is 12.1 Å². The zero-order valence-corrected chi connectivity index (χ0v) is 18.0. The molecule has 0 spiro atoms. The molecule has 2 aromatic rings. The van der Waals surface area contributed by atoms with Crippen LogP contribution in [-0.2, 0) is 6.54 Å². The van der Waals surface area contributed by atoms with Gasteiger partial charge in [0.2, 0.25) is 0 Å². The van der Waals surface area contributed by atoms with Crippen LogP contribution in [0.2, 0.25) is 0 Å². The van der Waals surface area contributed by atoms with Crippen molar-refractivity contribution in [3.63, 3.8) is 0 Å². The van der Waals surface area contributed by atoms with E-state index in [1.807, 2.05) is 17.0 Å². The first-order valence-electron chi connectivity index (χ1n) is 9.11. The fourth-order valence-electron chi connectivity index (χ4n) is 3.27. The number of piperazine rings is 1. The number of hydrogen-bond acceptors (Lipinski definition) is 5. The number of benzene rings is 2. The van der Waals surface area contributed by atoms with Crippen molar-refractivity contribution >= 4 is 21.8 Å². The molecule has 0 bridgehead atoms. The topological polar surface area (TPSA) is 51.2 Å². The van der Waals surface area contributed by atoms with Gasteiger partial charge in [-0.15, -0.1) is 0 Å². The quantitative estimate of drug-likeness (QED) is 0.677. The first-order chi connectivity index (χ1) is 13.5. The molecule has 2 aromatic carbocycles. The second-order valence-corrected chi connectivity index (χ2v) is 7.40. The highest BCUT2D eigenvalue weighted by molar-refractivity contribution is 9.10. The summed E-state index contributed by atoms with van der Waals surface area (Å²) in [5, 5.41) is 0. The van der Waals surface area contributed by atoms with E-state index in [1.165, 1.54) is 5.56 Å². The van der Waals surface area contributed by atoms with Crippen molar-refractivity contribution in [1.82, 2.24) is 9.80 Å². The molecular formula is C21H25BrN2O4. The van der Waals surface area contributed by atoms with E-state index in [2.05, 4.69) is 33.0 Å². The van der Waals surface area contributed by atoms with Gasteiger partial charge < -0.3 is 19.1 Å². The maximum atomic E-state index is 12.9. The van der Waals surface area contributed by atoms with Crippen molar-refractivity contribution < 1.29 is 19.0 Å². The lowest BCUT2D eigenvalue weighted by Gasteiger charge is -2.35. The maximum absolute atomic E-state index is 12.9. The minimum atomic E-state index is -0.00630. The van der Waals surface area contributed by atoms with Crippen molar-refractivity contribution in [3.8, 4) is 17.2 Å². The second kappa shape index (κ2) is 9.30. The molecule has 0 radical (unpaired) electrons. The van der Waals surface area contributed by atoms with Crippen LogP contribution in [0.25, 0.3) is 0 Å². The van der Waals surface area contributed by atoms with Gasteiger partial charge in [-0.05, 0) is 45.8 Å². The van der Waals surface area contributed by atoms with E-state index < -0.39 is 0 Å². The van der Waals surface area contributed by atoms with Crippen molar-refractivity contribution in [1.29, 1.82) is 0 Å². The summed E-state index contributed by atoms with van der Waals surface area (Å²) in [6.45, 7) is 3.92. The molecule has 1 fully saturated rings. The minimum Gasteiger partial charge on any atom is -0.497 e. The number of halogens is 1. The zero-order valence-electron chi connectivity index (χ0n) is 16.4. The lowest BCUT2D eigenvalue weighted by molar-refractivity contribution is 0.0627. The third-order valence-corrected chi connectivity index (χ3v) is 5.70. The number of amides is 1. The van der Waals surface area contributed by atoms with Gasteiger partial charge in [0, 0.05) is 38.3 Å². The third-order valence-electron chi connectivity index (χ3n) is 4.92. The molecule has 0 saturated carbocycles. The normalized spacial score (nSPS) is 14.6. The van der Waals surface area contributed by atoms with Crippen LogP contribution in [0, 0.1) is 0 Å². The molecule has 3 rings (SSSR count). The van der Waals surface area contributed by atoms with Crippen molar-refractivity contribution in [3.05, 3.63) is 52.0 Å². The maximum Gasteiger partial charge on any atom is 0.254 e. The highest BCUT2D eigenvalue weighted by atomic mass is 79.9. The van der Waals surface area contributed by atoms with Crippen LogP contribution in [0.4, 0.5) is 0 Å². The number of carbonyl (C=O) groups excluding carboxylic acids is 1. The molecule has 0 unspecified atom stereocenters. The summed E-state index contributed by atoms with van der Waals surface area (Å²) >= 11 is 3.44. The highest BCUT2D eigenvalue weighted by Crippen LogP contribution is 2.36. The van der Waals surface area contributed by atoms with E-state index in [0.717, 1.165) is 25.4 Å². The van der Waals surface area contributed by atoms with Gasteiger partial charge in [0.1, 0.15) is 21.7 Å². The van der Waals surface area contributed by atoms with Gasteiger partial charge >= 0.3 is 0 Å². The Hall–Kier alpha value is -2.25. The van der Waals surface area contributed by atoms with Crippen LogP contribution in [0.5, 0.6) is 17.2 Å².